The molecule has 0 unspecified atom stereocenters. The molecule has 0 spiro atoms. The molecule has 0 saturated carbocycles. The molecule has 2 aromatic rings. The monoisotopic (exact) mass is 325 g/mol. The molecular formula is C19H23N3O2. The summed E-state index contributed by atoms with van der Waals surface area (Å²) < 4.78 is 0. The molecule has 0 fully saturated rings. The van der Waals surface area contributed by atoms with Gasteiger partial charge in [0, 0.05) is 24.3 Å². The van der Waals surface area contributed by atoms with Crippen LogP contribution >= 0.6 is 0 Å². The summed E-state index contributed by atoms with van der Waals surface area (Å²) in [5.74, 6) is -0.499. The summed E-state index contributed by atoms with van der Waals surface area (Å²) in [6, 6.07) is 15.9. The lowest BCUT2D eigenvalue weighted by molar-refractivity contribution is -0.131. The molecule has 24 heavy (non-hydrogen) atoms. The Morgan fingerprint density at radius 1 is 1.04 bits per heavy atom. The Labute approximate surface area is 142 Å². The minimum absolute atomic E-state index is 0.00400. The zero-order valence-electron chi connectivity index (χ0n) is 14.0. The van der Waals surface area contributed by atoms with Gasteiger partial charge in [0.15, 0.2) is 0 Å². The van der Waals surface area contributed by atoms with Crippen molar-refractivity contribution in [2.75, 3.05) is 18.4 Å². The van der Waals surface area contributed by atoms with E-state index in [0.717, 1.165) is 5.56 Å². The van der Waals surface area contributed by atoms with Gasteiger partial charge in [0.05, 0.1) is 0 Å². The summed E-state index contributed by atoms with van der Waals surface area (Å²) >= 11 is 0. The van der Waals surface area contributed by atoms with Crippen LogP contribution < -0.4 is 11.1 Å². The second kappa shape index (κ2) is 8.15. The molecule has 2 rings (SSSR count). The van der Waals surface area contributed by atoms with Crippen molar-refractivity contribution in [1.29, 1.82) is 0 Å². The number of rotatable bonds is 7. The number of benzene rings is 2. The lowest BCUT2D eigenvalue weighted by Crippen LogP contribution is -2.37. The third-order valence-electron chi connectivity index (χ3n) is 3.91. The van der Waals surface area contributed by atoms with Gasteiger partial charge in [0.1, 0.15) is 6.04 Å². The highest BCUT2D eigenvalue weighted by Crippen LogP contribution is 2.22. The Morgan fingerprint density at radius 3 is 2.29 bits per heavy atom. The maximum atomic E-state index is 12.9. The average Bonchev–Trinajstić information content (AvgIpc) is 2.61. The van der Waals surface area contributed by atoms with Crippen molar-refractivity contribution in [2.45, 2.75) is 19.9 Å². The second-order valence-electron chi connectivity index (χ2n) is 5.44. The van der Waals surface area contributed by atoms with Gasteiger partial charge >= 0.3 is 0 Å². The predicted molar refractivity (Wildman–Crippen MR) is 95.7 cm³/mol. The van der Waals surface area contributed by atoms with Crippen LogP contribution in [0.15, 0.2) is 54.6 Å². The van der Waals surface area contributed by atoms with Crippen LogP contribution in [0.4, 0.5) is 5.69 Å². The van der Waals surface area contributed by atoms with Crippen LogP contribution in [0.3, 0.4) is 0 Å². The minimum atomic E-state index is -0.519. The van der Waals surface area contributed by atoms with E-state index >= 15 is 0 Å². The van der Waals surface area contributed by atoms with Crippen LogP contribution in [-0.2, 0) is 4.79 Å². The standard InChI is InChI=1S/C19H23N3O2/c1-3-22(4-2)19(24)17(14-9-6-5-7-10-14)21-16-12-8-11-15(13-16)18(20)23/h5-13,17,21H,3-4H2,1-2H3,(H2,20,23)/t17-/m0/s1. The summed E-state index contributed by atoms with van der Waals surface area (Å²) in [6.45, 7) is 5.19. The molecule has 5 nitrogen and oxygen atoms in total. The largest absolute Gasteiger partial charge is 0.370 e. The Kier molecular flexibility index (Phi) is 5.95. The van der Waals surface area contributed by atoms with E-state index in [9.17, 15) is 9.59 Å². The molecule has 0 bridgehead atoms. The van der Waals surface area contributed by atoms with Gasteiger partial charge < -0.3 is 16.0 Å². The maximum absolute atomic E-state index is 12.9. The van der Waals surface area contributed by atoms with E-state index in [1.807, 2.05) is 50.2 Å². The Balaban J connectivity index is 2.34. The quantitative estimate of drug-likeness (QED) is 0.822. The third-order valence-corrected chi connectivity index (χ3v) is 3.91. The highest BCUT2D eigenvalue weighted by Gasteiger charge is 2.24. The smallest absolute Gasteiger partial charge is 0.249 e. The number of carbonyl (C=O) groups is 2. The van der Waals surface area contributed by atoms with E-state index in [4.69, 9.17) is 5.73 Å². The first-order valence-electron chi connectivity index (χ1n) is 8.07. The summed E-state index contributed by atoms with van der Waals surface area (Å²) in [5.41, 5.74) is 7.29. The molecule has 0 aromatic heterocycles. The van der Waals surface area contributed by atoms with E-state index in [2.05, 4.69) is 5.32 Å². The van der Waals surface area contributed by atoms with Gasteiger partial charge in [-0.2, -0.15) is 0 Å². The molecule has 2 aromatic carbocycles. The van der Waals surface area contributed by atoms with Crippen molar-refractivity contribution < 1.29 is 9.59 Å². The van der Waals surface area contributed by atoms with E-state index in [-0.39, 0.29) is 5.91 Å². The van der Waals surface area contributed by atoms with E-state index in [1.54, 1.807) is 23.1 Å². The van der Waals surface area contributed by atoms with Gasteiger partial charge in [0.2, 0.25) is 11.8 Å². The average molecular weight is 325 g/mol. The van der Waals surface area contributed by atoms with Crippen molar-refractivity contribution in [1.82, 2.24) is 4.90 Å². The van der Waals surface area contributed by atoms with Gasteiger partial charge in [-0.05, 0) is 37.6 Å². The number of nitrogens with two attached hydrogens (primary N) is 1. The molecule has 0 aliphatic heterocycles. The van der Waals surface area contributed by atoms with Crippen LogP contribution in [-0.4, -0.2) is 29.8 Å². The lowest BCUT2D eigenvalue weighted by Gasteiger charge is -2.27. The Morgan fingerprint density at radius 2 is 1.71 bits per heavy atom. The maximum Gasteiger partial charge on any atom is 0.249 e. The van der Waals surface area contributed by atoms with Gasteiger partial charge in [0.25, 0.3) is 0 Å². The number of primary amides is 1. The number of likely N-dealkylation sites (N-methyl/N-ethyl adjacent to an activating group) is 1. The number of nitrogens with one attached hydrogen (secondary N) is 1. The summed E-state index contributed by atoms with van der Waals surface area (Å²) in [4.78, 5) is 26.0. The van der Waals surface area contributed by atoms with E-state index in [1.165, 1.54) is 0 Å². The molecule has 1 atom stereocenters. The molecule has 0 saturated heterocycles. The fourth-order valence-corrected chi connectivity index (χ4v) is 2.58. The number of anilines is 1. The molecular weight excluding hydrogens is 302 g/mol. The molecule has 0 radical (unpaired) electrons. The minimum Gasteiger partial charge on any atom is -0.370 e. The summed E-state index contributed by atoms with van der Waals surface area (Å²) in [6.07, 6.45) is 0. The first-order valence-corrected chi connectivity index (χ1v) is 8.07. The number of hydrogen-bond acceptors (Lipinski definition) is 3. The zero-order valence-corrected chi connectivity index (χ0v) is 14.0. The molecule has 5 heteroatoms. The van der Waals surface area contributed by atoms with Crippen molar-refractivity contribution in [2.24, 2.45) is 5.73 Å². The first-order chi connectivity index (χ1) is 11.6. The fraction of sp³-hybridized carbons (Fsp3) is 0.263. The lowest BCUT2D eigenvalue weighted by atomic mass is 10.0. The van der Waals surface area contributed by atoms with Gasteiger partial charge in [-0.1, -0.05) is 36.4 Å². The molecule has 0 heterocycles. The number of amides is 2. The normalized spacial score (nSPS) is 11.6. The third kappa shape index (κ3) is 4.13. The van der Waals surface area contributed by atoms with Crippen molar-refractivity contribution in [3.8, 4) is 0 Å². The van der Waals surface area contributed by atoms with Crippen LogP contribution in [0.25, 0.3) is 0 Å². The first kappa shape index (κ1) is 17.5. The van der Waals surface area contributed by atoms with Crippen molar-refractivity contribution >= 4 is 17.5 Å². The van der Waals surface area contributed by atoms with Gasteiger partial charge in [-0.25, -0.2) is 0 Å². The Hall–Kier alpha value is -2.82. The molecule has 0 aliphatic rings. The highest BCUT2D eigenvalue weighted by molar-refractivity contribution is 5.94. The van der Waals surface area contributed by atoms with Crippen LogP contribution in [0, 0.1) is 0 Å². The molecule has 126 valence electrons. The SMILES string of the molecule is CCN(CC)C(=O)[C@@H](Nc1cccc(C(N)=O)c1)c1ccccc1. The van der Waals surface area contributed by atoms with Gasteiger partial charge in [-0.3, -0.25) is 9.59 Å². The molecule has 2 amide bonds. The van der Waals surface area contributed by atoms with Crippen LogP contribution in [0.2, 0.25) is 0 Å². The zero-order chi connectivity index (χ0) is 17.5. The second-order valence-corrected chi connectivity index (χ2v) is 5.44. The van der Waals surface area contributed by atoms with E-state index < -0.39 is 11.9 Å². The Bertz CT molecular complexity index is 697. The van der Waals surface area contributed by atoms with Gasteiger partial charge in [-0.15, -0.1) is 0 Å². The highest BCUT2D eigenvalue weighted by atomic mass is 16.2. The predicted octanol–water partition coefficient (Wildman–Crippen LogP) is 2.81. The fourth-order valence-electron chi connectivity index (χ4n) is 2.58. The summed E-state index contributed by atoms with van der Waals surface area (Å²) in [7, 11) is 0. The summed E-state index contributed by atoms with van der Waals surface area (Å²) in [5, 5.41) is 3.24. The number of carbonyl (C=O) groups excluding carboxylic acids is 2. The molecule has 3 N–H and O–H groups in total. The van der Waals surface area contributed by atoms with E-state index in [0.29, 0.717) is 24.3 Å². The number of hydrogen-bond donors (Lipinski definition) is 2. The van der Waals surface area contributed by atoms with Crippen LogP contribution in [0.1, 0.15) is 35.8 Å². The number of nitrogens with zero attached hydrogens (tertiary/aromatic N) is 1. The van der Waals surface area contributed by atoms with Crippen molar-refractivity contribution in [3.05, 3.63) is 65.7 Å². The van der Waals surface area contributed by atoms with Crippen molar-refractivity contribution in [3.63, 3.8) is 0 Å². The van der Waals surface area contributed by atoms with Crippen LogP contribution in [0.5, 0.6) is 0 Å². The molecule has 0 aliphatic carbocycles. The topological polar surface area (TPSA) is 75.4 Å².